The Morgan fingerprint density at radius 3 is 2.64 bits per heavy atom. The number of halogens is 1. The van der Waals surface area contributed by atoms with Crippen LogP contribution in [0, 0.1) is 0 Å². The lowest BCUT2D eigenvalue weighted by Gasteiger charge is -2.14. The molecule has 0 aliphatic rings. The first-order valence-electron chi connectivity index (χ1n) is 6.19. The summed E-state index contributed by atoms with van der Waals surface area (Å²) in [6.45, 7) is 1.43. The molecule has 1 amide bonds. The van der Waals surface area contributed by atoms with Gasteiger partial charge in [-0.1, -0.05) is 11.6 Å². The third-order valence-electron chi connectivity index (χ3n) is 2.57. The molecule has 0 aliphatic heterocycles. The summed E-state index contributed by atoms with van der Waals surface area (Å²) in [5.41, 5.74) is 0.0604. The van der Waals surface area contributed by atoms with Gasteiger partial charge in [0.25, 0.3) is 0 Å². The normalized spacial score (nSPS) is 11.3. The second kappa shape index (κ2) is 7.52. The minimum atomic E-state index is -3.48. The number of carbonyl (C=O) groups is 2. The van der Waals surface area contributed by atoms with Gasteiger partial charge in [-0.25, -0.2) is 18.2 Å². The number of nitrogens with one attached hydrogen (secondary N) is 1. The van der Waals surface area contributed by atoms with Crippen molar-refractivity contribution in [3.05, 3.63) is 22.8 Å². The smallest absolute Gasteiger partial charge is 0.339 e. The maximum Gasteiger partial charge on any atom is 0.339 e. The van der Waals surface area contributed by atoms with Crippen LogP contribution < -0.4 is 5.32 Å². The Kier molecular flexibility index (Phi) is 6.27. The molecule has 0 aromatic carbocycles. The highest BCUT2D eigenvalue weighted by Crippen LogP contribution is 2.24. The molecule has 0 spiro atoms. The third-order valence-corrected chi connectivity index (χ3v) is 4.22. The van der Waals surface area contributed by atoms with E-state index in [0.29, 0.717) is 0 Å². The number of hydrogen-bond acceptors (Lipinski definition) is 6. The van der Waals surface area contributed by atoms with Crippen LogP contribution in [0.3, 0.4) is 0 Å². The Morgan fingerprint density at radius 1 is 1.45 bits per heavy atom. The van der Waals surface area contributed by atoms with Gasteiger partial charge in [-0.3, -0.25) is 4.79 Å². The molecule has 0 atom stereocenters. The first-order valence-corrected chi connectivity index (χ1v) is 8.42. The summed E-state index contributed by atoms with van der Waals surface area (Å²) in [4.78, 5) is 27.3. The van der Waals surface area contributed by atoms with Crippen molar-refractivity contribution < 1.29 is 22.7 Å². The van der Waals surface area contributed by atoms with Gasteiger partial charge in [0.1, 0.15) is 0 Å². The Morgan fingerprint density at radius 2 is 2.09 bits per heavy atom. The number of hydrogen-bond donors (Lipinski definition) is 1. The molecule has 0 saturated carbocycles. The quantitative estimate of drug-likeness (QED) is 0.759. The monoisotopic (exact) mass is 349 g/mol. The lowest BCUT2D eigenvalue weighted by molar-refractivity contribution is -0.116. The molecule has 1 aromatic heterocycles. The standard InChI is InChI=1S/C12H16ClN3O5S/c1-4-21-12(18)8-5-6-14-11(10(8)13)15-9(17)7-16(2)22(3,19)20/h5-6H,4,7H2,1-3H3,(H,14,15,17). The molecule has 0 unspecified atom stereocenters. The first-order chi connectivity index (χ1) is 10.2. The molecular weight excluding hydrogens is 334 g/mol. The zero-order valence-electron chi connectivity index (χ0n) is 12.3. The number of ether oxygens (including phenoxy) is 1. The maximum atomic E-state index is 11.8. The molecule has 10 heteroatoms. The van der Waals surface area contributed by atoms with E-state index in [2.05, 4.69) is 10.3 Å². The van der Waals surface area contributed by atoms with Gasteiger partial charge in [-0.2, -0.15) is 4.31 Å². The van der Waals surface area contributed by atoms with Crippen molar-refractivity contribution >= 4 is 39.3 Å². The number of rotatable bonds is 6. The minimum absolute atomic E-state index is 0.0425. The minimum Gasteiger partial charge on any atom is -0.462 e. The van der Waals surface area contributed by atoms with Gasteiger partial charge >= 0.3 is 5.97 Å². The largest absolute Gasteiger partial charge is 0.462 e. The highest BCUT2D eigenvalue weighted by atomic mass is 35.5. The van der Waals surface area contributed by atoms with Crippen LogP contribution in [0.5, 0.6) is 0 Å². The summed E-state index contributed by atoms with van der Waals surface area (Å²) in [7, 11) is -2.22. The number of likely N-dealkylation sites (N-methyl/N-ethyl adjacent to an activating group) is 1. The summed E-state index contributed by atoms with van der Waals surface area (Å²) in [5.74, 6) is -1.32. The van der Waals surface area contributed by atoms with Crippen molar-refractivity contribution in [1.82, 2.24) is 9.29 Å². The summed E-state index contributed by atoms with van der Waals surface area (Å²) in [6.07, 6.45) is 2.26. The Balaban J connectivity index is 2.88. The highest BCUT2D eigenvalue weighted by Gasteiger charge is 2.19. The van der Waals surface area contributed by atoms with Gasteiger partial charge in [0, 0.05) is 13.2 Å². The van der Waals surface area contributed by atoms with Crippen molar-refractivity contribution in [3.8, 4) is 0 Å². The molecule has 122 valence electrons. The van der Waals surface area contributed by atoms with Crippen LogP contribution in [-0.2, 0) is 19.6 Å². The number of pyridine rings is 1. The van der Waals surface area contributed by atoms with Crippen LogP contribution in [0.25, 0.3) is 0 Å². The number of sulfonamides is 1. The van der Waals surface area contributed by atoms with Crippen LogP contribution in [0.4, 0.5) is 5.82 Å². The van der Waals surface area contributed by atoms with E-state index in [1.54, 1.807) is 6.92 Å². The molecule has 0 radical (unpaired) electrons. The molecule has 1 aromatic rings. The van der Waals surface area contributed by atoms with Crippen LogP contribution in [0.2, 0.25) is 5.02 Å². The average Bonchev–Trinajstić information content (AvgIpc) is 2.40. The summed E-state index contributed by atoms with van der Waals surface area (Å²) < 4.78 is 28.2. The fourth-order valence-electron chi connectivity index (χ4n) is 1.39. The maximum absolute atomic E-state index is 11.8. The van der Waals surface area contributed by atoms with Crippen LogP contribution in [0.15, 0.2) is 12.3 Å². The number of anilines is 1. The zero-order valence-corrected chi connectivity index (χ0v) is 13.9. The van der Waals surface area contributed by atoms with E-state index in [1.807, 2.05) is 0 Å². The molecule has 0 saturated heterocycles. The number of carbonyl (C=O) groups excluding carboxylic acids is 2. The van der Waals surface area contributed by atoms with Gasteiger partial charge in [0.15, 0.2) is 5.82 Å². The summed E-state index contributed by atoms with van der Waals surface area (Å²) >= 11 is 6.00. The molecule has 0 bridgehead atoms. The van der Waals surface area contributed by atoms with Gasteiger partial charge in [-0.05, 0) is 13.0 Å². The first kappa shape index (κ1) is 18.3. The van der Waals surface area contributed by atoms with Crippen LogP contribution >= 0.6 is 11.6 Å². The number of amides is 1. The van der Waals surface area contributed by atoms with Gasteiger partial charge in [-0.15, -0.1) is 0 Å². The molecule has 1 rings (SSSR count). The van der Waals surface area contributed by atoms with Crippen LogP contribution in [-0.4, -0.2) is 56.0 Å². The van der Waals surface area contributed by atoms with Crippen molar-refractivity contribution in [3.63, 3.8) is 0 Å². The van der Waals surface area contributed by atoms with Gasteiger partial charge in [0.2, 0.25) is 15.9 Å². The van der Waals surface area contributed by atoms with E-state index >= 15 is 0 Å². The molecule has 1 heterocycles. The van der Waals surface area contributed by atoms with Crippen molar-refractivity contribution in [2.75, 3.05) is 31.8 Å². The van der Waals surface area contributed by atoms with E-state index in [1.165, 1.54) is 19.3 Å². The molecule has 22 heavy (non-hydrogen) atoms. The Hall–Kier alpha value is -1.71. The zero-order chi connectivity index (χ0) is 16.9. The Labute approximate surface area is 133 Å². The molecule has 0 fully saturated rings. The second-order valence-corrected chi connectivity index (χ2v) is 6.78. The predicted molar refractivity (Wildman–Crippen MR) is 81.3 cm³/mol. The highest BCUT2D eigenvalue weighted by molar-refractivity contribution is 7.88. The predicted octanol–water partition coefficient (Wildman–Crippen LogP) is 0.742. The molecular formula is C12H16ClN3O5S. The SMILES string of the molecule is CCOC(=O)c1ccnc(NC(=O)CN(C)S(C)(=O)=O)c1Cl. The van der Waals surface area contributed by atoms with E-state index in [0.717, 1.165) is 10.6 Å². The number of nitrogens with zero attached hydrogens (tertiary/aromatic N) is 2. The average molecular weight is 350 g/mol. The van der Waals surface area contributed by atoms with Crippen molar-refractivity contribution in [2.24, 2.45) is 0 Å². The lowest BCUT2D eigenvalue weighted by Crippen LogP contribution is -2.34. The lowest BCUT2D eigenvalue weighted by atomic mass is 10.2. The topological polar surface area (TPSA) is 106 Å². The third kappa shape index (κ3) is 4.93. The van der Waals surface area contributed by atoms with Crippen molar-refractivity contribution in [2.45, 2.75) is 6.92 Å². The van der Waals surface area contributed by atoms with Crippen LogP contribution in [0.1, 0.15) is 17.3 Å². The molecule has 8 nitrogen and oxygen atoms in total. The molecule has 1 N–H and O–H groups in total. The second-order valence-electron chi connectivity index (χ2n) is 4.31. The van der Waals surface area contributed by atoms with E-state index < -0.39 is 28.4 Å². The summed E-state index contributed by atoms with van der Waals surface area (Å²) in [5, 5.41) is 2.28. The van der Waals surface area contributed by atoms with Gasteiger partial charge < -0.3 is 10.1 Å². The number of aromatic nitrogens is 1. The summed E-state index contributed by atoms with van der Waals surface area (Å²) in [6, 6.07) is 1.36. The fraction of sp³-hybridized carbons (Fsp3) is 0.417. The fourth-order valence-corrected chi connectivity index (χ4v) is 1.98. The number of esters is 1. The Bertz CT molecular complexity index is 677. The molecule has 0 aliphatic carbocycles. The van der Waals surface area contributed by atoms with E-state index in [4.69, 9.17) is 16.3 Å². The van der Waals surface area contributed by atoms with Crippen molar-refractivity contribution in [1.29, 1.82) is 0 Å². The van der Waals surface area contributed by atoms with Gasteiger partial charge in [0.05, 0.1) is 30.0 Å². The van der Waals surface area contributed by atoms with E-state index in [9.17, 15) is 18.0 Å². The van der Waals surface area contributed by atoms with E-state index in [-0.39, 0.29) is 23.0 Å².